The Balaban J connectivity index is 2.32. The number of hydrogen-bond donors (Lipinski definition) is 1. The SMILES string of the molecule is CCOC(=O)C(C)OC1CCCC1N. The van der Waals surface area contributed by atoms with E-state index in [0.29, 0.717) is 6.61 Å². The summed E-state index contributed by atoms with van der Waals surface area (Å²) in [5.41, 5.74) is 5.82. The van der Waals surface area contributed by atoms with Gasteiger partial charge in [0.1, 0.15) is 0 Å². The molecule has 0 radical (unpaired) electrons. The van der Waals surface area contributed by atoms with Gasteiger partial charge in [0.2, 0.25) is 0 Å². The van der Waals surface area contributed by atoms with Crippen LogP contribution in [0.5, 0.6) is 0 Å². The molecule has 4 nitrogen and oxygen atoms in total. The van der Waals surface area contributed by atoms with Crippen molar-refractivity contribution in [3.63, 3.8) is 0 Å². The molecule has 3 unspecified atom stereocenters. The zero-order chi connectivity index (χ0) is 10.6. The first kappa shape index (κ1) is 11.5. The van der Waals surface area contributed by atoms with Gasteiger partial charge in [-0.05, 0) is 33.1 Å². The molecular formula is C10H19NO3. The molecule has 3 atom stereocenters. The van der Waals surface area contributed by atoms with E-state index >= 15 is 0 Å². The van der Waals surface area contributed by atoms with E-state index < -0.39 is 6.10 Å². The summed E-state index contributed by atoms with van der Waals surface area (Å²) in [5.74, 6) is -0.299. The molecule has 1 rings (SSSR count). The van der Waals surface area contributed by atoms with Crippen molar-refractivity contribution in [3.8, 4) is 0 Å². The van der Waals surface area contributed by atoms with Crippen molar-refractivity contribution in [2.45, 2.75) is 51.4 Å². The van der Waals surface area contributed by atoms with Gasteiger partial charge in [-0.25, -0.2) is 4.79 Å². The molecular weight excluding hydrogens is 182 g/mol. The molecule has 0 aromatic carbocycles. The molecule has 0 aromatic heterocycles. The average molecular weight is 201 g/mol. The molecule has 4 heteroatoms. The summed E-state index contributed by atoms with van der Waals surface area (Å²) in [6.07, 6.45) is 2.55. The van der Waals surface area contributed by atoms with Crippen LogP contribution in [0.3, 0.4) is 0 Å². The molecule has 0 aromatic rings. The third kappa shape index (κ3) is 2.96. The Morgan fingerprint density at radius 2 is 2.29 bits per heavy atom. The first-order chi connectivity index (χ1) is 6.65. The van der Waals surface area contributed by atoms with Gasteiger partial charge < -0.3 is 15.2 Å². The Morgan fingerprint density at radius 3 is 2.79 bits per heavy atom. The number of rotatable bonds is 4. The van der Waals surface area contributed by atoms with Gasteiger partial charge in [0.25, 0.3) is 0 Å². The summed E-state index contributed by atoms with van der Waals surface area (Å²) >= 11 is 0. The molecule has 82 valence electrons. The van der Waals surface area contributed by atoms with Crippen LogP contribution in [0.25, 0.3) is 0 Å². The van der Waals surface area contributed by atoms with Crippen LogP contribution in [-0.2, 0) is 14.3 Å². The van der Waals surface area contributed by atoms with Crippen LogP contribution in [0.2, 0.25) is 0 Å². The zero-order valence-electron chi connectivity index (χ0n) is 8.86. The minimum Gasteiger partial charge on any atom is -0.464 e. The highest BCUT2D eigenvalue weighted by molar-refractivity contribution is 5.74. The van der Waals surface area contributed by atoms with Gasteiger partial charge in [-0.15, -0.1) is 0 Å². The number of carbonyl (C=O) groups excluding carboxylic acids is 1. The standard InChI is InChI=1S/C10H19NO3/c1-3-13-10(12)7(2)14-9-6-4-5-8(9)11/h7-9H,3-6,11H2,1-2H3. The third-order valence-electron chi connectivity index (χ3n) is 2.50. The second-order valence-electron chi connectivity index (χ2n) is 3.66. The van der Waals surface area contributed by atoms with Crippen molar-refractivity contribution in [2.75, 3.05) is 6.61 Å². The molecule has 0 saturated heterocycles. The summed E-state index contributed by atoms with van der Waals surface area (Å²) in [6.45, 7) is 3.89. The normalized spacial score (nSPS) is 28.8. The molecule has 1 aliphatic rings. The van der Waals surface area contributed by atoms with Crippen molar-refractivity contribution < 1.29 is 14.3 Å². The van der Waals surface area contributed by atoms with Gasteiger partial charge in [0, 0.05) is 6.04 Å². The van der Waals surface area contributed by atoms with E-state index in [9.17, 15) is 4.79 Å². The quantitative estimate of drug-likeness (QED) is 0.684. The minimum atomic E-state index is -0.496. The smallest absolute Gasteiger partial charge is 0.334 e. The summed E-state index contributed by atoms with van der Waals surface area (Å²) < 4.78 is 10.4. The van der Waals surface area contributed by atoms with Crippen LogP contribution in [0.4, 0.5) is 0 Å². The number of hydrogen-bond acceptors (Lipinski definition) is 4. The van der Waals surface area contributed by atoms with Crippen molar-refractivity contribution in [2.24, 2.45) is 5.73 Å². The lowest BCUT2D eigenvalue weighted by Crippen LogP contribution is -2.36. The highest BCUT2D eigenvalue weighted by Gasteiger charge is 2.28. The number of ether oxygens (including phenoxy) is 2. The number of carbonyl (C=O) groups is 1. The topological polar surface area (TPSA) is 61.5 Å². The molecule has 0 bridgehead atoms. The van der Waals surface area contributed by atoms with Crippen LogP contribution < -0.4 is 5.73 Å². The Labute approximate surface area is 84.7 Å². The average Bonchev–Trinajstić information content (AvgIpc) is 2.52. The molecule has 1 aliphatic carbocycles. The minimum absolute atomic E-state index is 0.0226. The van der Waals surface area contributed by atoms with Gasteiger partial charge in [0.15, 0.2) is 6.10 Å². The summed E-state index contributed by atoms with van der Waals surface area (Å²) in [4.78, 5) is 11.2. The highest BCUT2D eigenvalue weighted by atomic mass is 16.6. The first-order valence-electron chi connectivity index (χ1n) is 5.22. The molecule has 0 aliphatic heterocycles. The summed E-state index contributed by atoms with van der Waals surface area (Å²) in [5, 5.41) is 0. The van der Waals surface area contributed by atoms with E-state index in [0.717, 1.165) is 19.3 Å². The largest absolute Gasteiger partial charge is 0.464 e. The zero-order valence-corrected chi connectivity index (χ0v) is 8.86. The van der Waals surface area contributed by atoms with Crippen LogP contribution >= 0.6 is 0 Å². The van der Waals surface area contributed by atoms with E-state index in [1.165, 1.54) is 0 Å². The maximum Gasteiger partial charge on any atom is 0.334 e. The predicted molar refractivity (Wildman–Crippen MR) is 52.8 cm³/mol. The second kappa shape index (κ2) is 5.32. The lowest BCUT2D eigenvalue weighted by atomic mass is 10.2. The van der Waals surface area contributed by atoms with Crippen LogP contribution in [-0.4, -0.2) is 30.8 Å². The van der Waals surface area contributed by atoms with E-state index in [1.807, 2.05) is 0 Å². The number of esters is 1. The third-order valence-corrected chi connectivity index (χ3v) is 2.50. The fourth-order valence-electron chi connectivity index (χ4n) is 1.70. The molecule has 1 saturated carbocycles. The lowest BCUT2D eigenvalue weighted by molar-refractivity contribution is -0.159. The molecule has 0 spiro atoms. The fourth-order valence-corrected chi connectivity index (χ4v) is 1.70. The van der Waals surface area contributed by atoms with Crippen LogP contribution in [0.1, 0.15) is 33.1 Å². The lowest BCUT2D eigenvalue weighted by Gasteiger charge is -2.20. The van der Waals surface area contributed by atoms with E-state index in [4.69, 9.17) is 15.2 Å². The van der Waals surface area contributed by atoms with Crippen molar-refractivity contribution in [1.82, 2.24) is 0 Å². The predicted octanol–water partition coefficient (Wildman–Crippen LogP) is 0.834. The Hall–Kier alpha value is -0.610. The first-order valence-corrected chi connectivity index (χ1v) is 5.22. The van der Waals surface area contributed by atoms with Crippen molar-refractivity contribution in [1.29, 1.82) is 0 Å². The highest BCUT2D eigenvalue weighted by Crippen LogP contribution is 2.21. The van der Waals surface area contributed by atoms with Crippen LogP contribution in [0, 0.1) is 0 Å². The van der Waals surface area contributed by atoms with Gasteiger partial charge in [-0.1, -0.05) is 0 Å². The maximum absolute atomic E-state index is 11.2. The Kier molecular flexibility index (Phi) is 4.35. The van der Waals surface area contributed by atoms with E-state index in [2.05, 4.69) is 0 Å². The van der Waals surface area contributed by atoms with Gasteiger partial charge >= 0.3 is 5.97 Å². The molecule has 2 N–H and O–H groups in total. The van der Waals surface area contributed by atoms with Crippen molar-refractivity contribution in [3.05, 3.63) is 0 Å². The second-order valence-corrected chi connectivity index (χ2v) is 3.66. The summed E-state index contributed by atoms with van der Waals surface area (Å²) in [7, 11) is 0. The van der Waals surface area contributed by atoms with E-state index in [1.54, 1.807) is 13.8 Å². The van der Waals surface area contributed by atoms with E-state index in [-0.39, 0.29) is 18.1 Å². The molecule has 0 amide bonds. The van der Waals surface area contributed by atoms with Crippen molar-refractivity contribution >= 4 is 5.97 Å². The fraction of sp³-hybridized carbons (Fsp3) is 0.900. The van der Waals surface area contributed by atoms with Gasteiger partial charge in [0.05, 0.1) is 12.7 Å². The van der Waals surface area contributed by atoms with Gasteiger partial charge in [-0.3, -0.25) is 0 Å². The van der Waals surface area contributed by atoms with Gasteiger partial charge in [-0.2, -0.15) is 0 Å². The Morgan fingerprint density at radius 1 is 1.57 bits per heavy atom. The number of nitrogens with two attached hydrogens (primary N) is 1. The summed E-state index contributed by atoms with van der Waals surface area (Å²) in [6, 6.07) is 0.0758. The molecule has 0 heterocycles. The van der Waals surface area contributed by atoms with Crippen LogP contribution in [0.15, 0.2) is 0 Å². The molecule has 1 fully saturated rings. The monoisotopic (exact) mass is 201 g/mol. The Bertz CT molecular complexity index is 196. The molecule has 14 heavy (non-hydrogen) atoms. The maximum atomic E-state index is 11.2.